The largest absolute Gasteiger partial charge is 0.497 e. The molecule has 1 amide bonds. The van der Waals surface area contributed by atoms with E-state index >= 15 is 0 Å². The number of nitrogens with zero attached hydrogens (tertiary/aromatic N) is 1. The molecule has 0 spiro atoms. The molecule has 0 radical (unpaired) electrons. The minimum atomic E-state index is -0.918. The third-order valence-electron chi connectivity index (χ3n) is 4.76. The van der Waals surface area contributed by atoms with Crippen LogP contribution in [0.1, 0.15) is 31.2 Å². The first kappa shape index (κ1) is 16.3. The fraction of sp³-hybridized carbons (Fsp3) is 0.368. The maximum atomic E-state index is 12.7. The predicted molar refractivity (Wildman–Crippen MR) is 91.3 cm³/mol. The summed E-state index contributed by atoms with van der Waals surface area (Å²) in [6.07, 6.45) is 1.28. The van der Waals surface area contributed by atoms with Gasteiger partial charge in [-0.3, -0.25) is 4.79 Å². The van der Waals surface area contributed by atoms with E-state index in [-0.39, 0.29) is 11.8 Å². The Labute approximate surface area is 140 Å². The summed E-state index contributed by atoms with van der Waals surface area (Å²) < 4.78 is 5.22. The smallest absolute Gasteiger partial charge is 0.326 e. The van der Waals surface area contributed by atoms with Gasteiger partial charge in [0.2, 0.25) is 5.91 Å². The summed E-state index contributed by atoms with van der Waals surface area (Å²) in [4.78, 5) is 25.5. The van der Waals surface area contributed by atoms with Gasteiger partial charge in [-0.15, -0.1) is 0 Å². The van der Waals surface area contributed by atoms with Gasteiger partial charge in [-0.2, -0.15) is 0 Å². The van der Waals surface area contributed by atoms with Crippen LogP contribution in [-0.4, -0.2) is 41.6 Å². The van der Waals surface area contributed by atoms with E-state index in [4.69, 9.17) is 4.74 Å². The van der Waals surface area contributed by atoms with Crippen LogP contribution >= 0.6 is 0 Å². The van der Waals surface area contributed by atoms with Gasteiger partial charge in [-0.25, -0.2) is 4.79 Å². The van der Waals surface area contributed by atoms with E-state index in [0.717, 1.165) is 28.5 Å². The zero-order valence-corrected chi connectivity index (χ0v) is 13.9. The topological polar surface area (TPSA) is 66.8 Å². The van der Waals surface area contributed by atoms with Crippen LogP contribution in [0.3, 0.4) is 0 Å². The van der Waals surface area contributed by atoms with E-state index in [1.807, 2.05) is 43.3 Å². The molecule has 0 aliphatic carbocycles. The molecule has 5 nitrogen and oxygen atoms in total. The molecule has 0 bridgehead atoms. The van der Waals surface area contributed by atoms with Crippen molar-refractivity contribution in [2.24, 2.45) is 0 Å². The van der Waals surface area contributed by atoms with Crippen molar-refractivity contribution in [3.8, 4) is 5.75 Å². The summed E-state index contributed by atoms with van der Waals surface area (Å²) in [5, 5.41) is 11.3. The number of carbonyl (C=O) groups excluding carboxylic acids is 1. The molecule has 2 aromatic carbocycles. The number of ether oxygens (including phenoxy) is 1. The Morgan fingerprint density at radius 3 is 2.62 bits per heavy atom. The van der Waals surface area contributed by atoms with E-state index in [1.54, 1.807) is 7.11 Å². The second kappa shape index (κ2) is 6.51. The fourth-order valence-electron chi connectivity index (χ4n) is 3.32. The molecule has 1 unspecified atom stereocenters. The Morgan fingerprint density at radius 2 is 1.92 bits per heavy atom. The van der Waals surface area contributed by atoms with Crippen LogP contribution in [-0.2, 0) is 9.59 Å². The molecule has 2 atom stereocenters. The molecular weight excluding hydrogens is 306 g/mol. The molecule has 2 aromatic rings. The second-order valence-electron chi connectivity index (χ2n) is 6.22. The number of fused-ring (bicyclic) bond motifs is 1. The lowest BCUT2D eigenvalue weighted by atomic mass is 9.96. The van der Waals surface area contributed by atoms with Gasteiger partial charge in [0.25, 0.3) is 0 Å². The average Bonchev–Trinajstić information content (AvgIpc) is 3.09. The van der Waals surface area contributed by atoms with E-state index in [0.29, 0.717) is 13.0 Å². The number of methoxy groups -OCH3 is 1. The van der Waals surface area contributed by atoms with Crippen LogP contribution in [0, 0.1) is 0 Å². The lowest BCUT2D eigenvalue weighted by molar-refractivity contribution is -0.148. The molecule has 0 aromatic heterocycles. The zero-order valence-electron chi connectivity index (χ0n) is 13.9. The van der Waals surface area contributed by atoms with Gasteiger partial charge in [0, 0.05) is 6.54 Å². The van der Waals surface area contributed by atoms with Crippen molar-refractivity contribution < 1.29 is 19.4 Å². The van der Waals surface area contributed by atoms with Gasteiger partial charge in [0.05, 0.1) is 13.0 Å². The quantitative estimate of drug-likeness (QED) is 0.937. The highest BCUT2D eigenvalue weighted by Gasteiger charge is 2.36. The van der Waals surface area contributed by atoms with Crippen LogP contribution in [0.15, 0.2) is 36.4 Å². The number of carbonyl (C=O) groups is 2. The van der Waals surface area contributed by atoms with Gasteiger partial charge in [0.1, 0.15) is 11.8 Å². The van der Waals surface area contributed by atoms with Gasteiger partial charge in [-0.1, -0.05) is 24.3 Å². The SMILES string of the molecule is COc1ccc2cc(C(C)C(=O)N3CCC[C@@H]3C(=O)O)ccc2c1. The van der Waals surface area contributed by atoms with E-state index in [2.05, 4.69) is 0 Å². The van der Waals surface area contributed by atoms with Crippen molar-refractivity contribution in [2.75, 3.05) is 13.7 Å². The minimum absolute atomic E-state index is 0.118. The third-order valence-corrected chi connectivity index (χ3v) is 4.76. The number of rotatable bonds is 4. The van der Waals surface area contributed by atoms with Crippen molar-refractivity contribution in [1.29, 1.82) is 0 Å². The number of carboxylic acid groups (broad SMARTS) is 1. The average molecular weight is 327 g/mol. The van der Waals surface area contributed by atoms with Crippen LogP contribution in [0.5, 0.6) is 5.75 Å². The number of hydrogen-bond donors (Lipinski definition) is 1. The zero-order chi connectivity index (χ0) is 17.3. The molecule has 1 aliphatic heterocycles. The lowest BCUT2D eigenvalue weighted by Gasteiger charge is -2.25. The van der Waals surface area contributed by atoms with Gasteiger partial charge in [0.15, 0.2) is 0 Å². The molecule has 1 heterocycles. The number of likely N-dealkylation sites (tertiary alicyclic amines) is 1. The summed E-state index contributed by atoms with van der Waals surface area (Å²) in [5.74, 6) is -0.608. The van der Waals surface area contributed by atoms with Crippen molar-refractivity contribution in [1.82, 2.24) is 4.90 Å². The third kappa shape index (κ3) is 2.94. The maximum absolute atomic E-state index is 12.7. The molecule has 126 valence electrons. The second-order valence-corrected chi connectivity index (χ2v) is 6.22. The summed E-state index contributed by atoms with van der Waals surface area (Å²) >= 11 is 0. The van der Waals surface area contributed by atoms with Crippen molar-refractivity contribution >= 4 is 22.6 Å². The summed E-state index contributed by atoms with van der Waals surface area (Å²) in [6, 6.07) is 11.0. The number of amides is 1. The number of aliphatic carboxylic acids is 1. The molecule has 1 aliphatic rings. The minimum Gasteiger partial charge on any atom is -0.497 e. The van der Waals surface area contributed by atoms with Crippen molar-refractivity contribution in [2.45, 2.75) is 31.7 Å². The number of benzene rings is 2. The van der Waals surface area contributed by atoms with Crippen LogP contribution in [0.25, 0.3) is 10.8 Å². The first-order chi connectivity index (χ1) is 11.5. The number of carboxylic acids is 1. The highest BCUT2D eigenvalue weighted by atomic mass is 16.5. The molecule has 3 rings (SSSR count). The Kier molecular flexibility index (Phi) is 4.42. The molecule has 5 heteroatoms. The highest BCUT2D eigenvalue weighted by Crippen LogP contribution is 2.28. The standard InChI is InChI=1S/C19H21NO4/c1-12(18(21)20-9-3-4-17(20)19(22)23)13-5-6-15-11-16(24-2)8-7-14(15)10-13/h5-8,10-12,17H,3-4,9H2,1-2H3,(H,22,23)/t12?,17-/m1/s1. The van der Waals surface area contributed by atoms with Gasteiger partial charge < -0.3 is 14.7 Å². The lowest BCUT2D eigenvalue weighted by Crippen LogP contribution is -2.42. The van der Waals surface area contributed by atoms with E-state index in [1.165, 1.54) is 4.90 Å². The monoisotopic (exact) mass is 327 g/mol. The maximum Gasteiger partial charge on any atom is 0.326 e. The first-order valence-corrected chi connectivity index (χ1v) is 8.12. The fourth-order valence-corrected chi connectivity index (χ4v) is 3.32. The summed E-state index contributed by atoms with van der Waals surface area (Å²) in [6.45, 7) is 2.36. The van der Waals surface area contributed by atoms with Crippen molar-refractivity contribution in [3.63, 3.8) is 0 Å². The predicted octanol–water partition coefficient (Wildman–Crippen LogP) is 3.03. The summed E-state index contributed by atoms with van der Waals surface area (Å²) in [5.41, 5.74) is 0.897. The molecule has 1 fully saturated rings. The van der Waals surface area contributed by atoms with Crippen LogP contribution in [0.4, 0.5) is 0 Å². The Balaban J connectivity index is 1.86. The normalized spacial score (nSPS) is 18.6. The molecule has 1 saturated heterocycles. The van der Waals surface area contributed by atoms with Crippen LogP contribution < -0.4 is 4.74 Å². The molecule has 0 saturated carbocycles. The Hall–Kier alpha value is -2.56. The molecule has 1 N–H and O–H groups in total. The first-order valence-electron chi connectivity index (χ1n) is 8.12. The molecular formula is C19H21NO4. The summed E-state index contributed by atoms with van der Waals surface area (Å²) in [7, 11) is 1.63. The van der Waals surface area contributed by atoms with E-state index < -0.39 is 12.0 Å². The number of hydrogen-bond acceptors (Lipinski definition) is 3. The Bertz CT molecular complexity index is 786. The van der Waals surface area contributed by atoms with Gasteiger partial charge >= 0.3 is 5.97 Å². The highest BCUT2D eigenvalue weighted by molar-refractivity contribution is 5.90. The Morgan fingerprint density at radius 1 is 1.21 bits per heavy atom. The van der Waals surface area contributed by atoms with Gasteiger partial charge in [-0.05, 0) is 48.2 Å². The molecule has 24 heavy (non-hydrogen) atoms. The van der Waals surface area contributed by atoms with E-state index in [9.17, 15) is 14.7 Å². The van der Waals surface area contributed by atoms with Crippen molar-refractivity contribution in [3.05, 3.63) is 42.0 Å². The van der Waals surface area contributed by atoms with Crippen LogP contribution in [0.2, 0.25) is 0 Å².